The maximum absolute atomic E-state index is 14.3. The maximum Gasteiger partial charge on any atom is 0.128 e. The van der Waals surface area contributed by atoms with E-state index in [-0.39, 0.29) is 11.9 Å². The molecule has 1 fully saturated rings. The largest absolute Gasteiger partial charge is 0.314 e. The third-order valence-electron chi connectivity index (χ3n) is 3.63. The van der Waals surface area contributed by atoms with Gasteiger partial charge in [-0.1, -0.05) is 15.9 Å². The molecule has 106 valence electrons. The summed E-state index contributed by atoms with van der Waals surface area (Å²) in [6.07, 6.45) is 0. The van der Waals surface area contributed by atoms with Gasteiger partial charge in [0.15, 0.2) is 0 Å². The molecule has 2 aromatic rings. The fourth-order valence-electron chi connectivity index (χ4n) is 2.68. The number of nitrogens with one attached hydrogen (secondary N) is 1. The Hall–Kier alpha value is -0.750. The minimum absolute atomic E-state index is 0.000787. The van der Waals surface area contributed by atoms with Crippen molar-refractivity contribution in [3.63, 3.8) is 0 Å². The molecule has 0 radical (unpaired) electrons. The zero-order valence-corrected chi connectivity index (χ0v) is 13.4. The van der Waals surface area contributed by atoms with E-state index < -0.39 is 0 Å². The van der Waals surface area contributed by atoms with Gasteiger partial charge in [0.25, 0.3) is 0 Å². The van der Waals surface area contributed by atoms with E-state index in [9.17, 15) is 4.39 Å². The van der Waals surface area contributed by atoms with E-state index in [1.54, 1.807) is 23.5 Å². The highest BCUT2D eigenvalue weighted by Crippen LogP contribution is 2.33. The highest BCUT2D eigenvalue weighted by Gasteiger charge is 2.26. The van der Waals surface area contributed by atoms with Gasteiger partial charge in [-0.2, -0.15) is 11.3 Å². The minimum Gasteiger partial charge on any atom is -0.314 e. The monoisotopic (exact) mass is 354 g/mol. The van der Waals surface area contributed by atoms with E-state index in [0.717, 1.165) is 36.2 Å². The molecule has 20 heavy (non-hydrogen) atoms. The van der Waals surface area contributed by atoms with Crippen LogP contribution in [-0.4, -0.2) is 31.1 Å². The summed E-state index contributed by atoms with van der Waals surface area (Å²) in [6, 6.07) is 7.29. The van der Waals surface area contributed by atoms with Crippen LogP contribution in [0.25, 0.3) is 0 Å². The zero-order valence-electron chi connectivity index (χ0n) is 11.0. The van der Waals surface area contributed by atoms with Gasteiger partial charge in [0.1, 0.15) is 5.82 Å². The molecule has 1 saturated heterocycles. The Morgan fingerprint density at radius 3 is 2.75 bits per heavy atom. The Bertz CT molecular complexity index is 567. The fourth-order valence-corrected chi connectivity index (χ4v) is 3.74. The predicted octanol–water partition coefficient (Wildman–Crippen LogP) is 3.64. The number of halogens is 2. The van der Waals surface area contributed by atoms with Crippen LogP contribution in [0.1, 0.15) is 17.2 Å². The number of hydrogen-bond acceptors (Lipinski definition) is 3. The molecule has 1 aromatic carbocycles. The van der Waals surface area contributed by atoms with Crippen LogP contribution in [0.5, 0.6) is 0 Å². The molecule has 0 aliphatic carbocycles. The first-order chi connectivity index (χ1) is 9.75. The summed E-state index contributed by atoms with van der Waals surface area (Å²) in [5.74, 6) is -0.136. The van der Waals surface area contributed by atoms with Crippen molar-refractivity contribution in [2.75, 3.05) is 26.2 Å². The smallest absolute Gasteiger partial charge is 0.128 e. The normalized spacial score (nSPS) is 18.1. The third kappa shape index (κ3) is 2.96. The summed E-state index contributed by atoms with van der Waals surface area (Å²) in [6.45, 7) is 3.78. The first kappa shape index (κ1) is 14.2. The summed E-state index contributed by atoms with van der Waals surface area (Å²) in [7, 11) is 0. The highest BCUT2D eigenvalue weighted by molar-refractivity contribution is 9.10. The molecule has 5 heteroatoms. The van der Waals surface area contributed by atoms with Gasteiger partial charge in [0, 0.05) is 36.2 Å². The number of piperazine rings is 1. The molecule has 1 N–H and O–H groups in total. The SMILES string of the molecule is Fc1ccc(Br)cc1[C@H](c1ccsc1)N1CCNCC1. The molecule has 0 bridgehead atoms. The molecular weight excluding hydrogens is 339 g/mol. The number of thiophene rings is 1. The Morgan fingerprint density at radius 2 is 2.05 bits per heavy atom. The molecule has 0 amide bonds. The fraction of sp³-hybridized carbons (Fsp3) is 0.333. The Labute approximate surface area is 130 Å². The van der Waals surface area contributed by atoms with Gasteiger partial charge in [0.2, 0.25) is 0 Å². The molecule has 0 unspecified atom stereocenters. The maximum atomic E-state index is 14.3. The van der Waals surface area contributed by atoms with Crippen molar-refractivity contribution in [1.82, 2.24) is 10.2 Å². The van der Waals surface area contributed by atoms with Crippen molar-refractivity contribution in [2.45, 2.75) is 6.04 Å². The molecule has 3 rings (SSSR count). The van der Waals surface area contributed by atoms with Crippen molar-refractivity contribution >= 4 is 27.3 Å². The lowest BCUT2D eigenvalue weighted by Gasteiger charge is -2.35. The molecule has 1 aliphatic rings. The molecule has 1 atom stereocenters. The number of nitrogens with zero attached hydrogens (tertiary/aromatic N) is 1. The van der Waals surface area contributed by atoms with Crippen molar-refractivity contribution < 1.29 is 4.39 Å². The standard InChI is InChI=1S/C15H16BrFN2S/c16-12-1-2-14(17)13(9-12)15(11-3-8-20-10-11)19-6-4-18-5-7-19/h1-3,8-10,15,18H,4-7H2/t15-/m0/s1. The lowest BCUT2D eigenvalue weighted by Crippen LogP contribution is -2.45. The molecule has 0 spiro atoms. The Kier molecular flexibility index (Phi) is 4.51. The van der Waals surface area contributed by atoms with Gasteiger partial charge in [-0.25, -0.2) is 4.39 Å². The van der Waals surface area contributed by atoms with Crippen LogP contribution in [0.15, 0.2) is 39.5 Å². The van der Waals surface area contributed by atoms with Crippen molar-refractivity contribution in [3.05, 3.63) is 56.4 Å². The number of rotatable bonds is 3. The van der Waals surface area contributed by atoms with Crippen LogP contribution in [0.4, 0.5) is 4.39 Å². The van der Waals surface area contributed by atoms with Crippen LogP contribution in [0.3, 0.4) is 0 Å². The van der Waals surface area contributed by atoms with Crippen LogP contribution in [-0.2, 0) is 0 Å². The van der Waals surface area contributed by atoms with Gasteiger partial charge in [-0.3, -0.25) is 4.90 Å². The highest BCUT2D eigenvalue weighted by atomic mass is 79.9. The molecule has 1 aliphatic heterocycles. The summed E-state index contributed by atoms with van der Waals surface area (Å²) in [4.78, 5) is 2.35. The number of hydrogen-bond donors (Lipinski definition) is 1. The molecule has 2 nitrogen and oxygen atoms in total. The van der Waals surface area contributed by atoms with Gasteiger partial charge in [0.05, 0.1) is 6.04 Å². The second-order valence-corrected chi connectivity index (χ2v) is 6.61. The van der Waals surface area contributed by atoms with E-state index in [0.29, 0.717) is 0 Å². The van der Waals surface area contributed by atoms with Crippen LogP contribution in [0.2, 0.25) is 0 Å². The molecule has 1 aromatic heterocycles. The molecule has 0 saturated carbocycles. The van der Waals surface area contributed by atoms with Crippen molar-refractivity contribution in [1.29, 1.82) is 0 Å². The van der Waals surface area contributed by atoms with Crippen LogP contribution in [0, 0.1) is 5.82 Å². The topological polar surface area (TPSA) is 15.3 Å². The van der Waals surface area contributed by atoms with Gasteiger partial charge >= 0.3 is 0 Å². The average Bonchev–Trinajstić information content (AvgIpc) is 2.98. The zero-order chi connectivity index (χ0) is 13.9. The predicted molar refractivity (Wildman–Crippen MR) is 84.7 cm³/mol. The van der Waals surface area contributed by atoms with Gasteiger partial charge in [-0.15, -0.1) is 0 Å². The van der Waals surface area contributed by atoms with Crippen molar-refractivity contribution in [3.8, 4) is 0 Å². The van der Waals surface area contributed by atoms with Gasteiger partial charge < -0.3 is 5.32 Å². The number of benzene rings is 1. The van der Waals surface area contributed by atoms with E-state index in [1.165, 1.54) is 5.56 Å². The minimum atomic E-state index is -0.136. The lowest BCUT2D eigenvalue weighted by molar-refractivity contribution is 0.195. The van der Waals surface area contributed by atoms with Crippen LogP contribution < -0.4 is 5.32 Å². The van der Waals surface area contributed by atoms with Crippen molar-refractivity contribution in [2.24, 2.45) is 0 Å². The van der Waals surface area contributed by atoms with E-state index in [2.05, 4.69) is 43.0 Å². The summed E-state index contributed by atoms with van der Waals surface area (Å²) < 4.78 is 15.2. The summed E-state index contributed by atoms with van der Waals surface area (Å²) in [5.41, 5.74) is 1.92. The Balaban J connectivity index is 2.02. The quantitative estimate of drug-likeness (QED) is 0.904. The van der Waals surface area contributed by atoms with Crippen LogP contribution >= 0.6 is 27.3 Å². The lowest BCUT2D eigenvalue weighted by atomic mass is 9.98. The molecule has 2 heterocycles. The second kappa shape index (κ2) is 6.35. The van der Waals surface area contributed by atoms with E-state index in [1.807, 2.05) is 6.07 Å². The second-order valence-electron chi connectivity index (χ2n) is 4.91. The first-order valence-electron chi connectivity index (χ1n) is 6.67. The molecular formula is C15H16BrFN2S. The summed E-state index contributed by atoms with van der Waals surface area (Å²) >= 11 is 5.12. The Morgan fingerprint density at radius 1 is 1.25 bits per heavy atom. The van der Waals surface area contributed by atoms with Gasteiger partial charge in [-0.05, 0) is 40.6 Å². The van der Waals surface area contributed by atoms with E-state index in [4.69, 9.17) is 0 Å². The average molecular weight is 355 g/mol. The summed E-state index contributed by atoms with van der Waals surface area (Å²) in [5, 5.41) is 7.52. The third-order valence-corrected chi connectivity index (χ3v) is 4.82. The first-order valence-corrected chi connectivity index (χ1v) is 8.41. The van der Waals surface area contributed by atoms with E-state index >= 15 is 0 Å².